The summed E-state index contributed by atoms with van der Waals surface area (Å²) in [6, 6.07) is 4.44. The Morgan fingerprint density at radius 1 is 1.42 bits per heavy atom. The average Bonchev–Trinajstić information content (AvgIpc) is 2.89. The molecule has 0 aliphatic carbocycles. The lowest BCUT2D eigenvalue weighted by atomic mass is 10.1. The molecule has 0 fully saturated rings. The fourth-order valence-corrected chi connectivity index (χ4v) is 2.60. The summed E-state index contributed by atoms with van der Waals surface area (Å²) in [6.45, 7) is 1.65. The second kappa shape index (κ2) is 7.64. The zero-order valence-electron chi connectivity index (χ0n) is 14.5. The molecule has 0 bridgehead atoms. The number of aromatic carboxylic acids is 1. The normalized spacial score (nSPS) is 10.4. The van der Waals surface area contributed by atoms with Crippen LogP contribution in [0.1, 0.15) is 32.1 Å². The molecular weight excluding hydrogens is 344 g/mol. The summed E-state index contributed by atoms with van der Waals surface area (Å²) in [5, 5.41) is 26.6. The highest BCUT2D eigenvalue weighted by molar-refractivity contribution is 5.96. The van der Waals surface area contributed by atoms with Gasteiger partial charge in [0.05, 0.1) is 17.6 Å². The lowest BCUT2D eigenvalue weighted by molar-refractivity contribution is -0.385. The van der Waals surface area contributed by atoms with Crippen LogP contribution in [0.5, 0.6) is 5.75 Å². The van der Waals surface area contributed by atoms with Crippen LogP contribution in [0.4, 0.5) is 5.69 Å². The number of benzene rings is 1. The number of carbonyl (C=O) groups excluding carboxylic acids is 1. The lowest BCUT2D eigenvalue weighted by Gasteiger charge is -2.10. The van der Waals surface area contributed by atoms with Crippen molar-refractivity contribution >= 4 is 17.6 Å². The van der Waals surface area contributed by atoms with E-state index in [0.717, 1.165) is 0 Å². The Morgan fingerprint density at radius 3 is 2.69 bits per heavy atom. The van der Waals surface area contributed by atoms with Crippen molar-refractivity contribution in [3.63, 3.8) is 0 Å². The van der Waals surface area contributed by atoms with Gasteiger partial charge in [-0.1, -0.05) is 6.07 Å². The van der Waals surface area contributed by atoms with E-state index in [2.05, 4.69) is 10.4 Å². The Kier molecular flexibility index (Phi) is 5.55. The number of nitrogens with zero attached hydrogens (tertiary/aromatic N) is 3. The third kappa shape index (κ3) is 3.79. The van der Waals surface area contributed by atoms with E-state index < -0.39 is 16.8 Å². The Bertz CT molecular complexity index is 874. The second-order valence-electron chi connectivity index (χ2n) is 5.50. The smallest absolute Gasteiger partial charge is 0.335 e. The minimum absolute atomic E-state index is 0.0932. The molecule has 0 spiro atoms. The van der Waals surface area contributed by atoms with Crippen LogP contribution in [0, 0.1) is 17.0 Å². The molecule has 0 saturated carbocycles. The van der Waals surface area contributed by atoms with Crippen LogP contribution in [0.25, 0.3) is 0 Å². The molecule has 0 saturated heterocycles. The van der Waals surface area contributed by atoms with Gasteiger partial charge in [-0.05, 0) is 31.0 Å². The molecule has 0 aliphatic rings. The van der Waals surface area contributed by atoms with Gasteiger partial charge in [0.15, 0.2) is 0 Å². The molecule has 10 heteroatoms. The Balaban J connectivity index is 2.10. The van der Waals surface area contributed by atoms with Gasteiger partial charge in [-0.3, -0.25) is 19.6 Å². The van der Waals surface area contributed by atoms with Crippen LogP contribution in [-0.2, 0) is 13.5 Å². The zero-order chi connectivity index (χ0) is 19.4. The Morgan fingerprint density at radius 2 is 2.12 bits per heavy atom. The molecular formula is C16H18N4O6. The average molecular weight is 362 g/mol. The lowest BCUT2D eigenvalue weighted by Crippen LogP contribution is -2.28. The van der Waals surface area contributed by atoms with Crippen LogP contribution in [-0.4, -0.2) is 45.3 Å². The van der Waals surface area contributed by atoms with Gasteiger partial charge in [-0.2, -0.15) is 5.10 Å². The molecule has 1 amide bonds. The van der Waals surface area contributed by atoms with Crippen LogP contribution in [0.3, 0.4) is 0 Å². The third-order valence-corrected chi connectivity index (χ3v) is 3.80. The van der Waals surface area contributed by atoms with E-state index in [1.54, 1.807) is 6.07 Å². The van der Waals surface area contributed by atoms with E-state index in [1.165, 1.54) is 37.9 Å². The van der Waals surface area contributed by atoms with E-state index in [1.807, 2.05) is 0 Å². The molecule has 2 N–H and O–H groups in total. The molecule has 2 rings (SSSR count). The minimum Gasteiger partial charge on any atom is -0.496 e. The fraction of sp³-hybridized carbons (Fsp3) is 0.312. The Labute approximate surface area is 148 Å². The van der Waals surface area contributed by atoms with Gasteiger partial charge in [-0.15, -0.1) is 0 Å². The summed E-state index contributed by atoms with van der Waals surface area (Å²) in [4.78, 5) is 33.8. The topological polar surface area (TPSA) is 137 Å². The van der Waals surface area contributed by atoms with Crippen molar-refractivity contribution < 1.29 is 24.4 Å². The third-order valence-electron chi connectivity index (χ3n) is 3.80. The van der Waals surface area contributed by atoms with Crippen molar-refractivity contribution in [2.45, 2.75) is 13.3 Å². The molecule has 0 aliphatic heterocycles. The van der Waals surface area contributed by atoms with Crippen LogP contribution in [0.15, 0.2) is 18.2 Å². The van der Waals surface area contributed by atoms with Crippen LogP contribution in [0.2, 0.25) is 0 Å². The highest BCUT2D eigenvalue weighted by Crippen LogP contribution is 2.23. The van der Waals surface area contributed by atoms with E-state index in [0.29, 0.717) is 17.7 Å². The second-order valence-corrected chi connectivity index (χ2v) is 5.50. The van der Waals surface area contributed by atoms with Gasteiger partial charge in [0, 0.05) is 13.6 Å². The summed E-state index contributed by atoms with van der Waals surface area (Å²) >= 11 is 0. The molecule has 26 heavy (non-hydrogen) atoms. The van der Waals surface area contributed by atoms with Gasteiger partial charge in [-0.25, -0.2) is 4.79 Å². The highest BCUT2D eigenvalue weighted by Gasteiger charge is 2.28. The first-order valence-electron chi connectivity index (χ1n) is 7.62. The molecule has 0 radical (unpaired) electrons. The van der Waals surface area contributed by atoms with Crippen molar-refractivity contribution in [1.29, 1.82) is 0 Å². The molecule has 1 aromatic heterocycles. The van der Waals surface area contributed by atoms with Gasteiger partial charge in [0.25, 0.3) is 5.91 Å². The minimum atomic E-state index is -1.07. The van der Waals surface area contributed by atoms with Gasteiger partial charge < -0.3 is 15.2 Å². The molecule has 0 atom stereocenters. The maximum atomic E-state index is 12.3. The first-order chi connectivity index (χ1) is 12.3. The number of carboxylic acid groups (broad SMARTS) is 1. The highest BCUT2D eigenvalue weighted by atomic mass is 16.6. The van der Waals surface area contributed by atoms with Gasteiger partial charge in [0.1, 0.15) is 11.4 Å². The summed E-state index contributed by atoms with van der Waals surface area (Å²) < 4.78 is 6.34. The van der Waals surface area contributed by atoms with Crippen LogP contribution >= 0.6 is 0 Å². The van der Waals surface area contributed by atoms with Crippen molar-refractivity contribution in [3.05, 3.63) is 50.8 Å². The fourth-order valence-electron chi connectivity index (χ4n) is 2.60. The van der Waals surface area contributed by atoms with E-state index in [-0.39, 0.29) is 29.2 Å². The number of aryl methyl sites for hydroxylation is 2. The molecule has 10 nitrogen and oxygen atoms in total. The zero-order valence-corrected chi connectivity index (χ0v) is 14.5. The standard InChI is InChI=1S/C16H18N4O6/c1-9-13(20(24)25)14(19(2)18-9)15(21)17-7-6-10-4-5-11(16(22)23)8-12(10)26-3/h4-5,8H,6-7H2,1-3H3,(H,17,21)(H,22,23). The largest absolute Gasteiger partial charge is 0.496 e. The number of ether oxygens (including phenoxy) is 1. The van der Waals surface area contributed by atoms with Crippen LogP contribution < -0.4 is 10.1 Å². The molecule has 2 aromatic rings. The van der Waals surface area contributed by atoms with Crippen molar-refractivity contribution in [2.75, 3.05) is 13.7 Å². The van der Waals surface area contributed by atoms with Gasteiger partial charge in [0.2, 0.25) is 5.69 Å². The number of hydrogen-bond donors (Lipinski definition) is 2. The first-order valence-corrected chi connectivity index (χ1v) is 7.62. The maximum Gasteiger partial charge on any atom is 0.335 e. The molecule has 0 unspecified atom stereocenters. The summed E-state index contributed by atoms with van der Waals surface area (Å²) in [6.07, 6.45) is 0.361. The number of carbonyl (C=O) groups is 2. The quantitative estimate of drug-likeness (QED) is 0.560. The number of nitro groups is 1. The first kappa shape index (κ1) is 18.9. The number of aromatic nitrogens is 2. The van der Waals surface area contributed by atoms with Crippen molar-refractivity contribution in [3.8, 4) is 5.75 Å². The van der Waals surface area contributed by atoms with E-state index >= 15 is 0 Å². The molecule has 1 aromatic carbocycles. The number of rotatable bonds is 7. The number of hydrogen-bond acceptors (Lipinski definition) is 6. The van der Waals surface area contributed by atoms with E-state index in [9.17, 15) is 19.7 Å². The predicted molar refractivity (Wildman–Crippen MR) is 90.6 cm³/mol. The number of nitrogens with one attached hydrogen (secondary N) is 1. The number of methoxy groups -OCH3 is 1. The molecule has 1 heterocycles. The summed E-state index contributed by atoms with van der Waals surface area (Å²) in [5.41, 5.74) is 0.506. The van der Waals surface area contributed by atoms with E-state index in [4.69, 9.17) is 9.84 Å². The molecule has 138 valence electrons. The van der Waals surface area contributed by atoms with Gasteiger partial charge >= 0.3 is 11.7 Å². The summed E-state index contributed by atoms with van der Waals surface area (Å²) in [5.74, 6) is -1.29. The summed E-state index contributed by atoms with van der Waals surface area (Å²) in [7, 11) is 2.88. The number of carboxylic acids is 1. The van der Waals surface area contributed by atoms with Crippen molar-refractivity contribution in [2.24, 2.45) is 7.05 Å². The SMILES string of the molecule is COc1cc(C(=O)O)ccc1CCNC(=O)c1c([N+](=O)[O-])c(C)nn1C. The monoisotopic (exact) mass is 362 g/mol. The predicted octanol–water partition coefficient (Wildman–Crippen LogP) is 1.32. The maximum absolute atomic E-state index is 12.3. The van der Waals surface area contributed by atoms with Crippen molar-refractivity contribution in [1.82, 2.24) is 15.1 Å². The number of amides is 1. The Hall–Kier alpha value is -3.43.